The fourth-order valence-corrected chi connectivity index (χ4v) is 1.69. The highest BCUT2D eigenvalue weighted by Crippen LogP contribution is 2.05. The van der Waals surface area contributed by atoms with E-state index in [9.17, 15) is 14.4 Å². The number of hydrogen-bond acceptors (Lipinski definition) is 6. The molecule has 7 nitrogen and oxygen atoms in total. The lowest BCUT2D eigenvalue weighted by molar-refractivity contribution is -0.138. The van der Waals surface area contributed by atoms with Gasteiger partial charge in [-0.15, -0.1) is 0 Å². The number of hydrogen-bond donors (Lipinski definition) is 6. The lowest BCUT2D eigenvalue weighted by Crippen LogP contribution is -2.49. The van der Waals surface area contributed by atoms with Crippen LogP contribution >= 0.6 is 25.3 Å². The third kappa shape index (κ3) is 8.28. The molecule has 0 radical (unpaired) electrons. The van der Waals surface area contributed by atoms with Crippen LogP contribution in [-0.2, 0) is 14.4 Å². The number of carboxylic acids is 1. The van der Waals surface area contributed by atoms with E-state index >= 15 is 0 Å². The van der Waals surface area contributed by atoms with Gasteiger partial charge in [-0.25, -0.2) is 0 Å². The van der Waals surface area contributed by atoms with Gasteiger partial charge in [0.2, 0.25) is 11.8 Å². The number of thiol groups is 2. The van der Waals surface area contributed by atoms with Crippen molar-refractivity contribution in [2.24, 2.45) is 5.73 Å². The maximum Gasteiger partial charge on any atom is 0.322 e. The number of nitrogens with two attached hydrogens (primary N) is 1. The first kappa shape index (κ1) is 19.1. The molecule has 5 N–H and O–H groups in total. The Morgan fingerprint density at radius 1 is 1.35 bits per heavy atom. The number of rotatable bonds is 9. The van der Waals surface area contributed by atoms with Crippen LogP contribution in [-0.4, -0.2) is 52.5 Å². The van der Waals surface area contributed by atoms with Gasteiger partial charge in [0.15, 0.2) is 0 Å². The number of nitrogens with one attached hydrogen (secondary N) is 2. The summed E-state index contributed by atoms with van der Waals surface area (Å²) in [6.45, 7) is 1.34. The molecule has 0 saturated heterocycles. The Balaban J connectivity index is 4.18. The van der Waals surface area contributed by atoms with Gasteiger partial charge < -0.3 is 21.5 Å². The average Bonchev–Trinajstić information content (AvgIpc) is 2.38. The van der Waals surface area contributed by atoms with Crippen LogP contribution in [0.25, 0.3) is 0 Å². The van der Waals surface area contributed by atoms with Crippen LogP contribution in [0.3, 0.4) is 0 Å². The van der Waals surface area contributed by atoms with Crippen LogP contribution in [0.1, 0.15) is 19.8 Å². The summed E-state index contributed by atoms with van der Waals surface area (Å²) >= 11 is 8.13. The molecular formula is C11H21N3O4S2. The van der Waals surface area contributed by atoms with E-state index in [4.69, 9.17) is 10.8 Å². The quantitative estimate of drug-likeness (QED) is 0.305. The van der Waals surface area contributed by atoms with Crippen LogP contribution in [0.15, 0.2) is 0 Å². The summed E-state index contributed by atoms with van der Waals surface area (Å²) in [5.41, 5.74) is 5.75. The molecule has 0 aromatic rings. The molecule has 3 unspecified atom stereocenters. The molecule has 0 aliphatic heterocycles. The van der Waals surface area contributed by atoms with E-state index in [1.807, 2.05) is 6.92 Å². The smallest absolute Gasteiger partial charge is 0.322 e. The average molecular weight is 323 g/mol. The topological polar surface area (TPSA) is 122 Å². The summed E-state index contributed by atoms with van der Waals surface area (Å²) < 4.78 is 0. The largest absolute Gasteiger partial charge is 0.480 e. The van der Waals surface area contributed by atoms with Gasteiger partial charge in [0.1, 0.15) is 12.6 Å². The molecule has 0 aliphatic rings. The van der Waals surface area contributed by atoms with Crippen molar-refractivity contribution in [1.82, 2.24) is 10.6 Å². The molecule has 3 atom stereocenters. The first-order chi connectivity index (χ1) is 9.27. The molecule has 2 amide bonds. The Kier molecular flexibility index (Phi) is 9.43. The van der Waals surface area contributed by atoms with Crippen molar-refractivity contribution >= 4 is 43.0 Å². The predicted molar refractivity (Wildman–Crippen MR) is 82.1 cm³/mol. The van der Waals surface area contributed by atoms with Gasteiger partial charge in [-0.1, -0.05) is 6.92 Å². The highest BCUT2D eigenvalue weighted by molar-refractivity contribution is 7.81. The highest BCUT2D eigenvalue weighted by Gasteiger charge is 2.20. The fourth-order valence-electron chi connectivity index (χ4n) is 1.29. The molecule has 0 fully saturated rings. The van der Waals surface area contributed by atoms with Gasteiger partial charge in [-0.3, -0.25) is 14.4 Å². The molecule has 0 saturated carbocycles. The van der Waals surface area contributed by atoms with Crippen molar-refractivity contribution in [3.8, 4) is 0 Å². The van der Waals surface area contributed by atoms with Crippen LogP contribution in [0.2, 0.25) is 0 Å². The second kappa shape index (κ2) is 9.89. The van der Waals surface area contributed by atoms with Gasteiger partial charge in [-0.2, -0.15) is 25.3 Å². The summed E-state index contributed by atoms with van der Waals surface area (Å²) in [5.74, 6) is -2.00. The van der Waals surface area contributed by atoms with E-state index < -0.39 is 24.5 Å². The first-order valence-corrected chi connectivity index (χ1v) is 7.26. The number of carbonyl (C=O) groups excluding carboxylic acids is 2. The zero-order chi connectivity index (χ0) is 15.7. The highest BCUT2D eigenvalue weighted by atomic mass is 32.1. The monoisotopic (exact) mass is 323 g/mol. The molecule has 0 aromatic carbocycles. The summed E-state index contributed by atoms with van der Waals surface area (Å²) in [4.78, 5) is 33.6. The second-order valence-corrected chi connectivity index (χ2v) is 5.54. The molecule has 116 valence electrons. The minimum atomic E-state index is -1.16. The lowest BCUT2D eigenvalue weighted by Gasteiger charge is -2.17. The molecule has 9 heteroatoms. The van der Waals surface area contributed by atoms with Crippen molar-refractivity contribution in [2.75, 3.05) is 12.3 Å². The minimum Gasteiger partial charge on any atom is -0.480 e. The van der Waals surface area contributed by atoms with Crippen LogP contribution in [0, 0.1) is 0 Å². The Morgan fingerprint density at radius 3 is 2.40 bits per heavy atom. The summed E-state index contributed by atoms with van der Waals surface area (Å²) in [6.07, 6.45) is 0.620. The summed E-state index contributed by atoms with van der Waals surface area (Å²) in [7, 11) is 0. The van der Waals surface area contributed by atoms with Gasteiger partial charge in [0.05, 0.1) is 0 Å². The van der Waals surface area contributed by atoms with E-state index in [0.717, 1.165) is 0 Å². The number of amides is 2. The van der Waals surface area contributed by atoms with E-state index in [1.54, 1.807) is 0 Å². The molecule has 0 spiro atoms. The van der Waals surface area contributed by atoms with E-state index in [0.29, 0.717) is 6.42 Å². The Hall–Kier alpha value is -0.930. The van der Waals surface area contributed by atoms with Gasteiger partial charge in [-0.05, 0) is 6.42 Å². The zero-order valence-corrected chi connectivity index (χ0v) is 13.0. The molecular weight excluding hydrogens is 302 g/mol. The van der Waals surface area contributed by atoms with E-state index in [1.165, 1.54) is 0 Å². The SMILES string of the molecule is CC(S)C(N)CCC(=O)NC(CS)C(=O)NCC(=O)O. The first-order valence-electron chi connectivity index (χ1n) is 6.11. The zero-order valence-electron chi connectivity index (χ0n) is 11.2. The molecule has 0 heterocycles. The van der Waals surface area contributed by atoms with Gasteiger partial charge in [0.25, 0.3) is 0 Å². The summed E-state index contributed by atoms with van der Waals surface area (Å²) in [5, 5.41) is 13.1. The van der Waals surface area contributed by atoms with Crippen molar-refractivity contribution in [1.29, 1.82) is 0 Å². The standard InChI is InChI=1S/C11H21N3O4S2/c1-6(20)7(12)2-3-9(15)14-8(5-19)11(18)13-4-10(16)17/h6-8,19-20H,2-5,12H2,1H3,(H,13,18)(H,14,15)(H,16,17). The number of aliphatic carboxylic acids is 1. The maximum atomic E-state index is 11.7. The van der Waals surface area contributed by atoms with Gasteiger partial charge >= 0.3 is 5.97 Å². The minimum absolute atomic E-state index is 0.0256. The van der Waals surface area contributed by atoms with E-state index in [-0.39, 0.29) is 29.4 Å². The number of carbonyl (C=O) groups is 3. The Labute approximate surface area is 128 Å². The normalized spacial score (nSPS) is 15.0. The van der Waals surface area contributed by atoms with Crippen molar-refractivity contribution in [2.45, 2.75) is 37.1 Å². The molecule has 0 rings (SSSR count). The van der Waals surface area contributed by atoms with Gasteiger partial charge in [0, 0.05) is 23.5 Å². The van der Waals surface area contributed by atoms with Crippen molar-refractivity contribution in [3.63, 3.8) is 0 Å². The van der Waals surface area contributed by atoms with Crippen LogP contribution in [0.5, 0.6) is 0 Å². The fraction of sp³-hybridized carbons (Fsp3) is 0.727. The Bertz CT molecular complexity index is 353. The third-order valence-corrected chi connectivity index (χ3v) is 3.32. The third-order valence-electron chi connectivity index (χ3n) is 2.57. The second-order valence-electron chi connectivity index (χ2n) is 4.36. The van der Waals surface area contributed by atoms with Crippen LogP contribution < -0.4 is 16.4 Å². The molecule has 0 bridgehead atoms. The molecule has 0 aliphatic carbocycles. The number of carboxylic acid groups (broad SMARTS) is 1. The summed E-state index contributed by atoms with van der Waals surface area (Å²) in [6, 6.07) is -1.07. The van der Waals surface area contributed by atoms with Crippen molar-refractivity contribution in [3.05, 3.63) is 0 Å². The van der Waals surface area contributed by atoms with Crippen molar-refractivity contribution < 1.29 is 19.5 Å². The van der Waals surface area contributed by atoms with Crippen LogP contribution in [0.4, 0.5) is 0 Å². The lowest BCUT2D eigenvalue weighted by atomic mass is 10.1. The van der Waals surface area contributed by atoms with E-state index in [2.05, 4.69) is 35.9 Å². The predicted octanol–water partition coefficient (Wildman–Crippen LogP) is -0.972. The Morgan fingerprint density at radius 2 is 1.95 bits per heavy atom. The maximum absolute atomic E-state index is 11.7. The molecule has 0 aromatic heterocycles. The molecule has 20 heavy (non-hydrogen) atoms.